The molecule has 1 heterocycles. The van der Waals surface area contributed by atoms with Crippen molar-refractivity contribution in [2.45, 2.75) is 31.7 Å². The maximum Gasteiger partial charge on any atom is 0.321 e. The van der Waals surface area contributed by atoms with Crippen LogP contribution in [0.1, 0.15) is 24.8 Å². The number of hydrogen-bond donors (Lipinski definition) is 1. The molecule has 1 fully saturated rings. The van der Waals surface area contributed by atoms with Gasteiger partial charge in [0.05, 0.1) is 0 Å². The maximum atomic E-state index is 11.7. The van der Waals surface area contributed by atoms with E-state index in [1.54, 1.807) is 0 Å². The number of benzene rings is 2. The van der Waals surface area contributed by atoms with Crippen molar-refractivity contribution in [2.75, 3.05) is 13.1 Å². The Morgan fingerprint density at radius 3 is 2.52 bits per heavy atom. The molecular weight excluding hydrogens is 262 g/mol. The smallest absolute Gasteiger partial charge is 0.321 e. The van der Waals surface area contributed by atoms with E-state index >= 15 is 0 Å². The molecule has 1 N–H and O–H groups in total. The Labute approximate surface area is 125 Å². The molecular formula is C18H21NO2. The van der Waals surface area contributed by atoms with Gasteiger partial charge in [-0.05, 0) is 48.7 Å². The summed E-state index contributed by atoms with van der Waals surface area (Å²) in [7, 11) is 0. The van der Waals surface area contributed by atoms with Crippen LogP contribution in [0.3, 0.4) is 0 Å². The van der Waals surface area contributed by atoms with E-state index < -0.39 is 12.0 Å². The first-order chi connectivity index (χ1) is 10.3. The molecule has 0 unspecified atom stereocenters. The minimum Gasteiger partial charge on any atom is -0.480 e. The monoisotopic (exact) mass is 283 g/mol. The number of carboxylic acids is 1. The van der Waals surface area contributed by atoms with Crippen molar-refractivity contribution in [1.29, 1.82) is 0 Å². The summed E-state index contributed by atoms with van der Waals surface area (Å²) in [4.78, 5) is 13.8. The average Bonchev–Trinajstić information content (AvgIpc) is 2.53. The van der Waals surface area contributed by atoms with E-state index in [0.717, 1.165) is 31.5 Å². The van der Waals surface area contributed by atoms with E-state index in [2.05, 4.69) is 29.2 Å². The van der Waals surface area contributed by atoms with Gasteiger partial charge in [0, 0.05) is 0 Å². The van der Waals surface area contributed by atoms with Crippen molar-refractivity contribution < 1.29 is 9.90 Å². The van der Waals surface area contributed by atoms with Gasteiger partial charge >= 0.3 is 5.97 Å². The fourth-order valence-electron chi connectivity index (χ4n) is 3.28. The number of carboxylic acid groups (broad SMARTS) is 1. The van der Waals surface area contributed by atoms with Gasteiger partial charge < -0.3 is 5.11 Å². The molecule has 21 heavy (non-hydrogen) atoms. The fraction of sp³-hybridized carbons (Fsp3) is 0.389. The molecule has 3 rings (SSSR count). The first-order valence-corrected chi connectivity index (χ1v) is 7.69. The Hall–Kier alpha value is -1.87. The van der Waals surface area contributed by atoms with E-state index in [1.807, 2.05) is 18.2 Å². The van der Waals surface area contributed by atoms with Crippen molar-refractivity contribution in [3.63, 3.8) is 0 Å². The van der Waals surface area contributed by atoms with Crippen LogP contribution in [0, 0.1) is 0 Å². The van der Waals surface area contributed by atoms with Crippen LogP contribution in [0.15, 0.2) is 42.5 Å². The summed E-state index contributed by atoms with van der Waals surface area (Å²) < 4.78 is 0. The third kappa shape index (κ3) is 3.08. The lowest BCUT2D eigenvalue weighted by atomic mass is 9.97. The number of piperidine rings is 1. The van der Waals surface area contributed by atoms with Gasteiger partial charge in [0.1, 0.15) is 6.04 Å². The standard InChI is InChI=1S/C18H21NO2/c20-18(21)17(19-11-4-1-5-12-19)13-15-9-6-8-14-7-2-3-10-16(14)15/h2-3,6-10,17H,1,4-5,11-13H2,(H,20,21)/t17-/m0/s1. The van der Waals surface area contributed by atoms with Crippen LogP contribution in [0.4, 0.5) is 0 Å². The van der Waals surface area contributed by atoms with Gasteiger partial charge in [0.15, 0.2) is 0 Å². The lowest BCUT2D eigenvalue weighted by Crippen LogP contribution is -2.45. The SMILES string of the molecule is O=C(O)[C@H](Cc1cccc2ccccc12)N1CCCCC1. The second-order valence-electron chi connectivity index (χ2n) is 5.79. The first kappa shape index (κ1) is 14.1. The van der Waals surface area contributed by atoms with Crippen LogP contribution in [0.25, 0.3) is 10.8 Å². The molecule has 110 valence electrons. The van der Waals surface area contributed by atoms with Crippen LogP contribution in [-0.2, 0) is 11.2 Å². The number of nitrogens with zero attached hydrogens (tertiary/aromatic N) is 1. The predicted octanol–water partition coefficient (Wildman–Crippen LogP) is 3.32. The van der Waals surface area contributed by atoms with Crippen LogP contribution < -0.4 is 0 Å². The number of fused-ring (bicyclic) bond motifs is 1. The highest BCUT2D eigenvalue weighted by Gasteiger charge is 2.27. The minimum atomic E-state index is -0.704. The zero-order chi connectivity index (χ0) is 14.7. The quantitative estimate of drug-likeness (QED) is 0.935. The lowest BCUT2D eigenvalue weighted by molar-refractivity contribution is -0.143. The summed E-state index contributed by atoms with van der Waals surface area (Å²) >= 11 is 0. The largest absolute Gasteiger partial charge is 0.480 e. The second-order valence-corrected chi connectivity index (χ2v) is 5.79. The predicted molar refractivity (Wildman–Crippen MR) is 84.5 cm³/mol. The minimum absolute atomic E-state index is 0.406. The Kier molecular flexibility index (Phi) is 4.20. The third-order valence-electron chi connectivity index (χ3n) is 4.41. The van der Waals surface area contributed by atoms with E-state index in [4.69, 9.17) is 0 Å². The highest BCUT2D eigenvalue weighted by Crippen LogP contribution is 2.22. The van der Waals surface area contributed by atoms with Crippen molar-refractivity contribution >= 4 is 16.7 Å². The molecule has 1 aliphatic heterocycles. The Morgan fingerprint density at radius 2 is 1.76 bits per heavy atom. The van der Waals surface area contributed by atoms with Gasteiger partial charge in [-0.15, -0.1) is 0 Å². The average molecular weight is 283 g/mol. The van der Waals surface area contributed by atoms with Gasteiger partial charge in [-0.1, -0.05) is 48.9 Å². The molecule has 3 nitrogen and oxygen atoms in total. The summed E-state index contributed by atoms with van der Waals surface area (Å²) in [6.45, 7) is 1.81. The normalized spacial score (nSPS) is 17.7. The Balaban J connectivity index is 1.89. The number of carbonyl (C=O) groups is 1. The summed E-state index contributed by atoms with van der Waals surface area (Å²) in [5.41, 5.74) is 1.13. The Morgan fingerprint density at radius 1 is 1.05 bits per heavy atom. The molecule has 0 radical (unpaired) electrons. The summed E-state index contributed by atoms with van der Waals surface area (Å²) in [5.74, 6) is -0.704. The van der Waals surface area contributed by atoms with Crippen LogP contribution in [0.5, 0.6) is 0 Å². The number of aliphatic carboxylic acids is 1. The molecule has 0 amide bonds. The van der Waals surface area contributed by atoms with E-state index in [0.29, 0.717) is 6.42 Å². The molecule has 0 aromatic heterocycles. The molecule has 1 saturated heterocycles. The van der Waals surface area contributed by atoms with Gasteiger partial charge in [0.25, 0.3) is 0 Å². The summed E-state index contributed by atoms with van der Waals surface area (Å²) in [6.07, 6.45) is 4.02. The highest BCUT2D eigenvalue weighted by atomic mass is 16.4. The van der Waals surface area contributed by atoms with Gasteiger partial charge in [-0.3, -0.25) is 9.69 Å². The molecule has 0 spiro atoms. The molecule has 3 heteroatoms. The van der Waals surface area contributed by atoms with Gasteiger partial charge in [-0.25, -0.2) is 0 Å². The van der Waals surface area contributed by atoms with Crippen LogP contribution in [-0.4, -0.2) is 35.1 Å². The highest BCUT2D eigenvalue weighted by molar-refractivity contribution is 5.86. The third-order valence-corrected chi connectivity index (χ3v) is 4.41. The lowest BCUT2D eigenvalue weighted by Gasteiger charge is -2.32. The first-order valence-electron chi connectivity index (χ1n) is 7.69. The summed E-state index contributed by atoms with van der Waals surface area (Å²) in [5, 5.41) is 12.0. The van der Waals surface area contributed by atoms with E-state index in [9.17, 15) is 9.90 Å². The molecule has 2 aromatic rings. The number of rotatable bonds is 4. The van der Waals surface area contributed by atoms with Crippen molar-refractivity contribution in [3.8, 4) is 0 Å². The second kappa shape index (κ2) is 6.27. The van der Waals surface area contributed by atoms with Crippen molar-refractivity contribution in [3.05, 3.63) is 48.0 Å². The van der Waals surface area contributed by atoms with Crippen molar-refractivity contribution in [2.24, 2.45) is 0 Å². The molecule has 0 saturated carbocycles. The van der Waals surface area contributed by atoms with Gasteiger partial charge in [-0.2, -0.15) is 0 Å². The van der Waals surface area contributed by atoms with Gasteiger partial charge in [0.2, 0.25) is 0 Å². The van der Waals surface area contributed by atoms with Crippen LogP contribution in [0.2, 0.25) is 0 Å². The van der Waals surface area contributed by atoms with Crippen LogP contribution >= 0.6 is 0 Å². The van der Waals surface area contributed by atoms with Crippen molar-refractivity contribution in [1.82, 2.24) is 4.90 Å². The topological polar surface area (TPSA) is 40.5 Å². The zero-order valence-electron chi connectivity index (χ0n) is 12.2. The molecule has 2 aromatic carbocycles. The molecule has 0 aliphatic carbocycles. The van der Waals surface area contributed by atoms with E-state index in [-0.39, 0.29) is 0 Å². The van der Waals surface area contributed by atoms with E-state index in [1.165, 1.54) is 17.2 Å². The maximum absolute atomic E-state index is 11.7. The zero-order valence-corrected chi connectivity index (χ0v) is 12.2. The fourth-order valence-corrected chi connectivity index (χ4v) is 3.28. The summed E-state index contributed by atoms with van der Waals surface area (Å²) in [6, 6.07) is 13.9. The molecule has 1 atom stereocenters. The number of hydrogen-bond acceptors (Lipinski definition) is 2. The molecule has 1 aliphatic rings. The molecule has 0 bridgehead atoms. The Bertz CT molecular complexity index is 627. The number of likely N-dealkylation sites (tertiary alicyclic amines) is 1.